The fourth-order valence-corrected chi connectivity index (χ4v) is 2.73. The molecule has 2 amide bonds. The highest BCUT2D eigenvalue weighted by Gasteiger charge is 2.30. The summed E-state index contributed by atoms with van der Waals surface area (Å²) >= 11 is 0. The molecule has 0 radical (unpaired) electrons. The molecule has 0 bridgehead atoms. The average Bonchev–Trinajstić information content (AvgIpc) is 3.22. The van der Waals surface area contributed by atoms with E-state index in [4.69, 9.17) is 4.42 Å². The van der Waals surface area contributed by atoms with Gasteiger partial charge in [0.05, 0.1) is 11.8 Å². The maximum atomic E-state index is 13.0. The molecule has 6 nitrogen and oxygen atoms in total. The Morgan fingerprint density at radius 3 is 2.55 bits per heavy atom. The predicted octanol–water partition coefficient (Wildman–Crippen LogP) is 3.41. The first kappa shape index (κ1) is 24.2. The second-order valence-electron chi connectivity index (χ2n) is 7.21. The van der Waals surface area contributed by atoms with Crippen LogP contribution < -0.4 is 5.32 Å². The van der Waals surface area contributed by atoms with Crippen molar-refractivity contribution < 1.29 is 27.2 Å². The Bertz CT molecular complexity index is 878. The highest BCUT2D eigenvalue weighted by atomic mass is 19.4. The van der Waals surface area contributed by atoms with Crippen molar-refractivity contribution >= 4 is 17.9 Å². The summed E-state index contributed by atoms with van der Waals surface area (Å²) in [7, 11) is 3.69. The lowest BCUT2D eigenvalue weighted by Crippen LogP contribution is -2.38. The topological polar surface area (TPSA) is 65.8 Å². The van der Waals surface area contributed by atoms with E-state index in [1.54, 1.807) is 18.2 Å². The molecule has 31 heavy (non-hydrogen) atoms. The lowest BCUT2D eigenvalue weighted by molar-refractivity contribution is -0.137. The van der Waals surface area contributed by atoms with Gasteiger partial charge in [-0.05, 0) is 50.0 Å². The molecule has 1 heterocycles. The second-order valence-corrected chi connectivity index (χ2v) is 7.21. The first-order valence-corrected chi connectivity index (χ1v) is 9.73. The Hall–Kier alpha value is -3.07. The first-order chi connectivity index (χ1) is 14.6. The van der Waals surface area contributed by atoms with E-state index in [0.29, 0.717) is 24.4 Å². The molecule has 0 spiro atoms. The normalized spacial score (nSPS) is 11.8. The summed E-state index contributed by atoms with van der Waals surface area (Å²) in [5, 5.41) is 2.61. The summed E-state index contributed by atoms with van der Waals surface area (Å²) in [5.74, 6) is -0.0985. The van der Waals surface area contributed by atoms with Crippen molar-refractivity contribution in [1.29, 1.82) is 0 Å². The number of nitrogens with zero attached hydrogens (tertiary/aromatic N) is 2. The van der Waals surface area contributed by atoms with Crippen LogP contribution in [0.1, 0.15) is 23.3 Å². The van der Waals surface area contributed by atoms with Gasteiger partial charge in [0.2, 0.25) is 11.8 Å². The number of furan rings is 1. The zero-order valence-corrected chi connectivity index (χ0v) is 17.5. The number of carbonyl (C=O) groups is 2. The van der Waals surface area contributed by atoms with Crippen molar-refractivity contribution in [2.24, 2.45) is 0 Å². The molecular weight excluding hydrogens is 411 g/mol. The molecule has 0 unspecified atom stereocenters. The molecule has 9 heteroatoms. The van der Waals surface area contributed by atoms with Gasteiger partial charge in [0.15, 0.2) is 0 Å². The van der Waals surface area contributed by atoms with E-state index >= 15 is 0 Å². The second kappa shape index (κ2) is 11.4. The van der Waals surface area contributed by atoms with Crippen LogP contribution in [0.4, 0.5) is 13.2 Å². The molecule has 0 saturated carbocycles. The van der Waals surface area contributed by atoms with Gasteiger partial charge in [0.1, 0.15) is 5.76 Å². The molecule has 0 atom stereocenters. The van der Waals surface area contributed by atoms with Crippen LogP contribution in [0.15, 0.2) is 53.2 Å². The van der Waals surface area contributed by atoms with Gasteiger partial charge < -0.3 is 19.5 Å². The van der Waals surface area contributed by atoms with Crippen molar-refractivity contribution in [3.05, 3.63) is 65.6 Å². The Kier molecular flexibility index (Phi) is 8.87. The van der Waals surface area contributed by atoms with Gasteiger partial charge in [0.25, 0.3) is 0 Å². The predicted molar refractivity (Wildman–Crippen MR) is 111 cm³/mol. The maximum Gasteiger partial charge on any atom is 0.416 e. The summed E-state index contributed by atoms with van der Waals surface area (Å²) in [6.45, 7) is 1.08. The zero-order valence-electron chi connectivity index (χ0n) is 17.5. The van der Waals surface area contributed by atoms with Crippen molar-refractivity contribution in [3.63, 3.8) is 0 Å². The van der Waals surface area contributed by atoms with Crippen LogP contribution in [-0.2, 0) is 22.3 Å². The highest BCUT2D eigenvalue weighted by molar-refractivity contribution is 5.91. The number of hydrogen-bond acceptors (Lipinski definition) is 4. The smallest absolute Gasteiger partial charge is 0.416 e. The fraction of sp³-hybridized carbons (Fsp3) is 0.364. The standard InChI is InChI=1S/C22H26F3N3O3/c1-27(2)12-13-28(16-17-5-3-6-18(15-17)22(23,24)25)21(30)10-11-26-20(29)9-8-19-7-4-14-31-19/h3-9,14-15H,10-13,16H2,1-2H3,(H,26,29)/b9-8+. The van der Waals surface area contributed by atoms with E-state index in [1.807, 2.05) is 19.0 Å². The number of halogens is 3. The Balaban J connectivity index is 1.94. The SMILES string of the molecule is CN(C)CCN(Cc1cccc(C(F)(F)F)c1)C(=O)CCNC(=O)/C=C/c1ccco1. The highest BCUT2D eigenvalue weighted by Crippen LogP contribution is 2.29. The summed E-state index contributed by atoms with van der Waals surface area (Å²) < 4.78 is 44.0. The minimum Gasteiger partial charge on any atom is -0.465 e. The molecule has 1 aromatic heterocycles. The number of nitrogens with one attached hydrogen (secondary N) is 1. The quantitative estimate of drug-likeness (QED) is 0.579. The molecule has 0 aliphatic heterocycles. The van der Waals surface area contributed by atoms with E-state index in [2.05, 4.69) is 5.32 Å². The molecule has 1 aromatic carbocycles. The molecular formula is C22H26F3N3O3. The minimum absolute atomic E-state index is 0.0344. The van der Waals surface area contributed by atoms with Crippen LogP contribution in [0.2, 0.25) is 0 Å². The number of likely N-dealkylation sites (N-methyl/N-ethyl adjacent to an activating group) is 1. The maximum absolute atomic E-state index is 13.0. The molecule has 0 fully saturated rings. The Morgan fingerprint density at radius 2 is 1.90 bits per heavy atom. The van der Waals surface area contributed by atoms with Crippen molar-refractivity contribution in [3.8, 4) is 0 Å². The number of amides is 2. The summed E-state index contributed by atoms with van der Waals surface area (Å²) in [4.78, 5) is 27.9. The van der Waals surface area contributed by atoms with Crippen LogP contribution in [-0.4, -0.2) is 55.3 Å². The monoisotopic (exact) mass is 437 g/mol. The van der Waals surface area contributed by atoms with Crippen molar-refractivity contribution in [1.82, 2.24) is 15.1 Å². The largest absolute Gasteiger partial charge is 0.465 e. The number of rotatable bonds is 10. The number of benzene rings is 1. The van der Waals surface area contributed by atoms with Crippen LogP contribution in [0, 0.1) is 0 Å². The molecule has 2 aromatic rings. The average molecular weight is 437 g/mol. The lowest BCUT2D eigenvalue weighted by Gasteiger charge is -2.25. The third kappa shape index (κ3) is 8.67. The Morgan fingerprint density at radius 1 is 1.13 bits per heavy atom. The molecule has 0 aliphatic carbocycles. The van der Waals surface area contributed by atoms with E-state index in [0.717, 1.165) is 12.1 Å². The van der Waals surface area contributed by atoms with Gasteiger partial charge >= 0.3 is 6.18 Å². The third-order valence-corrected chi connectivity index (χ3v) is 4.38. The number of hydrogen-bond donors (Lipinski definition) is 1. The van der Waals surface area contributed by atoms with E-state index in [-0.39, 0.29) is 31.3 Å². The van der Waals surface area contributed by atoms with Crippen LogP contribution in [0.25, 0.3) is 6.08 Å². The number of carbonyl (C=O) groups excluding carboxylic acids is 2. The van der Waals surface area contributed by atoms with Gasteiger partial charge in [-0.3, -0.25) is 9.59 Å². The molecule has 1 N–H and O–H groups in total. The molecule has 0 aliphatic rings. The van der Waals surface area contributed by atoms with Crippen LogP contribution >= 0.6 is 0 Å². The lowest BCUT2D eigenvalue weighted by atomic mass is 10.1. The van der Waals surface area contributed by atoms with Crippen molar-refractivity contribution in [2.45, 2.75) is 19.1 Å². The van der Waals surface area contributed by atoms with Gasteiger partial charge in [-0.1, -0.05) is 12.1 Å². The summed E-state index contributed by atoms with van der Waals surface area (Å²) in [5.41, 5.74) is -0.354. The summed E-state index contributed by atoms with van der Waals surface area (Å²) in [6, 6.07) is 8.34. The van der Waals surface area contributed by atoms with Crippen LogP contribution in [0.3, 0.4) is 0 Å². The van der Waals surface area contributed by atoms with Gasteiger partial charge in [-0.25, -0.2) is 0 Å². The number of alkyl halides is 3. The molecule has 168 valence electrons. The fourth-order valence-electron chi connectivity index (χ4n) is 2.73. The third-order valence-electron chi connectivity index (χ3n) is 4.38. The molecule has 2 rings (SSSR count). The summed E-state index contributed by atoms with van der Waals surface area (Å²) in [6.07, 6.45) is -0.110. The van der Waals surface area contributed by atoms with Gasteiger partial charge in [-0.15, -0.1) is 0 Å². The van der Waals surface area contributed by atoms with E-state index in [1.165, 1.54) is 29.4 Å². The Labute approximate surface area is 179 Å². The van der Waals surface area contributed by atoms with Gasteiger partial charge in [0, 0.05) is 38.7 Å². The van der Waals surface area contributed by atoms with E-state index < -0.39 is 11.7 Å². The van der Waals surface area contributed by atoms with E-state index in [9.17, 15) is 22.8 Å². The molecule has 0 saturated heterocycles. The van der Waals surface area contributed by atoms with Gasteiger partial charge in [-0.2, -0.15) is 13.2 Å². The first-order valence-electron chi connectivity index (χ1n) is 9.73. The minimum atomic E-state index is -4.44. The zero-order chi connectivity index (χ0) is 22.9. The van der Waals surface area contributed by atoms with Crippen LogP contribution in [0.5, 0.6) is 0 Å². The van der Waals surface area contributed by atoms with Crippen molar-refractivity contribution in [2.75, 3.05) is 33.7 Å².